The largest absolute Gasteiger partial charge is 0.744 e. The van der Waals surface area contributed by atoms with Crippen LogP contribution in [0.5, 0.6) is 17.2 Å². The lowest BCUT2D eigenvalue weighted by Gasteiger charge is -2.14. The molecule has 0 spiro atoms. The summed E-state index contributed by atoms with van der Waals surface area (Å²) in [5, 5.41) is 0. The Morgan fingerprint density at radius 1 is 0.704 bits per heavy atom. The average molecular weight is 741 g/mol. The zero-order chi connectivity index (χ0) is 37.8. The van der Waals surface area contributed by atoms with Gasteiger partial charge in [-0.2, -0.15) is 4.40 Å². The molecule has 0 aliphatic heterocycles. The lowest BCUT2D eigenvalue weighted by atomic mass is 10.1. The van der Waals surface area contributed by atoms with E-state index in [4.69, 9.17) is 19.2 Å². The first-order valence-corrected chi connectivity index (χ1v) is 18.9. The first kappa shape index (κ1) is 36.2. The molecule has 274 valence electrons. The van der Waals surface area contributed by atoms with Crippen molar-refractivity contribution in [3.8, 4) is 39.8 Å². The van der Waals surface area contributed by atoms with E-state index in [1.807, 2.05) is 31.3 Å². The van der Waals surface area contributed by atoms with E-state index in [2.05, 4.69) is 98.4 Å². The third-order valence-electron chi connectivity index (χ3n) is 9.37. The maximum absolute atomic E-state index is 10.4. The van der Waals surface area contributed by atoms with E-state index < -0.39 is 10.1 Å². The maximum Gasteiger partial charge on any atom is 0.331 e. The Bertz CT molecular complexity index is 2650. The van der Waals surface area contributed by atoms with Crippen LogP contribution in [0.4, 0.5) is 0 Å². The number of nitrogens with zero attached hydrogens (tertiary/aromatic N) is 4. The molecular formula is C43H40N4O6S. The standard InChI is InChI=1S/C36H33N4O3.C7H8O3S/c1-41-32-21-25(22-33(42-2)34(32)43-3)13-12-20-38-24-31(27-16-8-5-9-17-27)40-29-19-11-10-18-28(29)39-30(23-37-35(39)36(38)40)26-14-6-4-7-15-26;1-6-2-4-7(5-3-6)11(8,9)10/h4-11,14-19,21-24H,12-13,20H2,1-3H3;2-5H,1H3,(H,8,9,10)/q+1;/p-1. The van der Waals surface area contributed by atoms with Crippen molar-refractivity contribution in [1.29, 1.82) is 0 Å². The summed E-state index contributed by atoms with van der Waals surface area (Å²) in [4.78, 5) is 4.87. The van der Waals surface area contributed by atoms with Crippen LogP contribution in [0.15, 0.2) is 139 Å². The van der Waals surface area contributed by atoms with E-state index in [0.717, 1.165) is 75.4 Å². The third-order valence-corrected chi connectivity index (χ3v) is 10.2. The summed E-state index contributed by atoms with van der Waals surface area (Å²) >= 11 is 0. The number of aromatic nitrogens is 4. The highest BCUT2D eigenvalue weighted by molar-refractivity contribution is 7.85. The number of methoxy groups -OCH3 is 3. The molecule has 0 bridgehead atoms. The van der Waals surface area contributed by atoms with Crippen LogP contribution in [0.1, 0.15) is 17.5 Å². The second-order valence-corrected chi connectivity index (χ2v) is 14.2. The molecule has 3 aromatic heterocycles. The molecule has 3 heterocycles. The van der Waals surface area contributed by atoms with Gasteiger partial charge in [0.2, 0.25) is 11.4 Å². The first-order chi connectivity index (χ1) is 26.2. The zero-order valence-corrected chi connectivity index (χ0v) is 31.3. The molecule has 11 heteroatoms. The van der Waals surface area contributed by atoms with Crippen molar-refractivity contribution in [2.45, 2.75) is 31.2 Å². The van der Waals surface area contributed by atoms with Gasteiger partial charge in [-0.3, -0.25) is 4.40 Å². The molecule has 54 heavy (non-hydrogen) atoms. The van der Waals surface area contributed by atoms with E-state index in [0.29, 0.717) is 17.2 Å². The lowest BCUT2D eigenvalue weighted by molar-refractivity contribution is -0.670. The fraction of sp³-hybridized carbons (Fsp3) is 0.163. The molecule has 0 aliphatic rings. The Hall–Kier alpha value is -6.17. The van der Waals surface area contributed by atoms with Crippen LogP contribution in [0.25, 0.3) is 44.8 Å². The van der Waals surface area contributed by atoms with Gasteiger partial charge in [0.25, 0.3) is 0 Å². The van der Waals surface area contributed by atoms with Gasteiger partial charge in [0.15, 0.2) is 22.7 Å². The third kappa shape index (κ3) is 7.11. The quantitative estimate of drug-likeness (QED) is 0.104. The monoisotopic (exact) mass is 740 g/mol. The predicted octanol–water partition coefficient (Wildman–Crippen LogP) is 7.92. The van der Waals surface area contributed by atoms with Crippen LogP contribution in [-0.4, -0.2) is 48.1 Å². The van der Waals surface area contributed by atoms with Crippen molar-refractivity contribution in [1.82, 2.24) is 13.8 Å². The highest BCUT2D eigenvalue weighted by Gasteiger charge is 2.27. The summed E-state index contributed by atoms with van der Waals surface area (Å²) in [6.07, 6.45) is 6.01. The average Bonchev–Trinajstić information content (AvgIpc) is 3.81. The van der Waals surface area contributed by atoms with Gasteiger partial charge in [0.05, 0.1) is 50.2 Å². The topological polar surface area (TPSA) is 110 Å². The number of fused-ring (bicyclic) bond motifs is 6. The zero-order valence-electron chi connectivity index (χ0n) is 30.5. The first-order valence-electron chi connectivity index (χ1n) is 17.5. The molecule has 0 aliphatic carbocycles. The predicted molar refractivity (Wildman–Crippen MR) is 208 cm³/mol. The lowest BCUT2D eigenvalue weighted by Crippen LogP contribution is -2.33. The van der Waals surface area contributed by atoms with Crippen molar-refractivity contribution < 1.29 is 31.7 Å². The Labute approximate surface area is 314 Å². The van der Waals surface area contributed by atoms with Crippen molar-refractivity contribution in [2.75, 3.05) is 21.3 Å². The van der Waals surface area contributed by atoms with Crippen molar-refractivity contribution in [3.05, 3.63) is 145 Å². The summed E-state index contributed by atoms with van der Waals surface area (Å²) in [5.41, 5.74) is 10.8. The molecule has 8 aromatic rings. The molecular weight excluding hydrogens is 701 g/mol. The maximum atomic E-state index is 10.4. The second-order valence-electron chi connectivity index (χ2n) is 12.8. The molecule has 0 unspecified atom stereocenters. The van der Waals surface area contributed by atoms with Crippen LogP contribution in [0.2, 0.25) is 0 Å². The molecule has 8 rings (SSSR count). The van der Waals surface area contributed by atoms with Gasteiger partial charge in [-0.1, -0.05) is 90.5 Å². The van der Waals surface area contributed by atoms with Crippen LogP contribution in [-0.2, 0) is 23.1 Å². The SMILES string of the molecule is COc1cc(CCC[n+]2cc(-c3ccccc3)n3c4ccccc4n4c(-c5ccccc5)cnc4c32)cc(OC)c1OC.Cc1ccc(S(=O)(=O)[O-])cc1. The van der Waals surface area contributed by atoms with Crippen LogP contribution < -0.4 is 18.8 Å². The van der Waals surface area contributed by atoms with Crippen LogP contribution >= 0.6 is 0 Å². The van der Waals surface area contributed by atoms with E-state index in [-0.39, 0.29) is 4.90 Å². The molecule has 0 amide bonds. The number of rotatable bonds is 10. The molecule has 0 saturated carbocycles. The van der Waals surface area contributed by atoms with Gasteiger partial charge in [0, 0.05) is 11.1 Å². The van der Waals surface area contributed by atoms with E-state index in [9.17, 15) is 13.0 Å². The van der Waals surface area contributed by atoms with Gasteiger partial charge >= 0.3 is 5.65 Å². The minimum Gasteiger partial charge on any atom is -0.744 e. The van der Waals surface area contributed by atoms with Gasteiger partial charge in [0.1, 0.15) is 16.3 Å². The van der Waals surface area contributed by atoms with E-state index in [1.165, 1.54) is 12.1 Å². The normalized spacial score (nSPS) is 11.4. The van der Waals surface area contributed by atoms with E-state index >= 15 is 0 Å². The van der Waals surface area contributed by atoms with E-state index in [1.54, 1.807) is 33.5 Å². The second kappa shape index (κ2) is 15.4. The van der Waals surface area contributed by atoms with Crippen LogP contribution in [0, 0.1) is 6.92 Å². The van der Waals surface area contributed by atoms with Crippen molar-refractivity contribution in [2.24, 2.45) is 0 Å². The number of ether oxygens (including phenoxy) is 3. The molecule has 0 saturated heterocycles. The Kier molecular flexibility index (Phi) is 10.3. The smallest absolute Gasteiger partial charge is 0.331 e. The highest BCUT2D eigenvalue weighted by atomic mass is 32.2. The molecule has 0 atom stereocenters. The van der Waals surface area contributed by atoms with Crippen molar-refractivity contribution in [3.63, 3.8) is 0 Å². The van der Waals surface area contributed by atoms with Gasteiger partial charge in [-0.25, -0.2) is 18.0 Å². The van der Waals surface area contributed by atoms with Crippen molar-refractivity contribution >= 4 is 32.4 Å². The number of hydrogen-bond donors (Lipinski definition) is 0. The number of hydrogen-bond acceptors (Lipinski definition) is 7. The summed E-state index contributed by atoms with van der Waals surface area (Å²) in [6, 6.07) is 39.5. The summed E-state index contributed by atoms with van der Waals surface area (Å²) in [7, 11) is 0.662. The van der Waals surface area contributed by atoms with Gasteiger partial charge in [-0.15, -0.1) is 0 Å². The number of para-hydroxylation sites is 2. The summed E-state index contributed by atoms with van der Waals surface area (Å²) in [6.45, 7) is 2.62. The Balaban J connectivity index is 0.000000353. The number of imidazole rings is 2. The molecule has 0 fully saturated rings. The summed E-state index contributed by atoms with van der Waals surface area (Å²) in [5.74, 6) is 1.95. The molecule has 5 aromatic carbocycles. The minimum absolute atomic E-state index is 0.178. The Morgan fingerprint density at radius 3 is 1.81 bits per heavy atom. The highest BCUT2D eigenvalue weighted by Crippen LogP contribution is 2.38. The van der Waals surface area contributed by atoms with Crippen LogP contribution in [0.3, 0.4) is 0 Å². The molecule has 0 radical (unpaired) electrons. The fourth-order valence-corrected chi connectivity index (χ4v) is 7.28. The number of benzene rings is 5. The number of aryl methyl sites for hydroxylation is 3. The molecule has 10 nitrogen and oxygen atoms in total. The Morgan fingerprint density at radius 2 is 1.26 bits per heavy atom. The van der Waals surface area contributed by atoms with Gasteiger partial charge in [-0.05, 0) is 61.7 Å². The molecule has 0 N–H and O–H groups in total. The summed E-state index contributed by atoms with van der Waals surface area (Å²) < 4.78 is 54.9. The van der Waals surface area contributed by atoms with Gasteiger partial charge < -0.3 is 18.8 Å². The minimum atomic E-state index is -4.27. The fourth-order valence-electron chi connectivity index (χ4n) is 6.81.